The molecule has 0 aliphatic rings. The van der Waals surface area contributed by atoms with Gasteiger partial charge in [0.15, 0.2) is 0 Å². The van der Waals surface area contributed by atoms with Crippen molar-refractivity contribution in [1.82, 2.24) is 20.3 Å². The third kappa shape index (κ3) is 2.98. The summed E-state index contributed by atoms with van der Waals surface area (Å²) in [5, 5.41) is 11.9. The number of nitrogens with zero attached hydrogens (tertiary/aromatic N) is 3. The van der Waals surface area contributed by atoms with Gasteiger partial charge in [0.2, 0.25) is 0 Å². The minimum absolute atomic E-state index is 0.791. The maximum absolute atomic E-state index is 3.92. The molecule has 1 aromatic rings. The van der Waals surface area contributed by atoms with E-state index in [1.807, 2.05) is 13.2 Å². The van der Waals surface area contributed by atoms with Crippen molar-refractivity contribution in [3.63, 3.8) is 0 Å². The molecule has 0 atom stereocenters. The molecule has 1 N–H and O–H groups in total. The topological polar surface area (TPSA) is 42.7 Å². The Morgan fingerprint density at radius 2 is 2.55 bits per heavy atom. The number of aryl methyl sites for hydroxylation is 1. The van der Waals surface area contributed by atoms with Crippen LogP contribution in [0.3, 0.4) is 0 Å². The Kier molecular flexibility index (Phi) is 3.51. The van der Waals surface area contributed by atoms with Crippen molar-refractivity contribution in [2.75, 3.05) is 11.9 Å². The normalized spacial score (nSPS) is 10.4. The fraction of sp³-hybridized carbons (Fsp3) is 0.667. The van der Waals surface area contributed by atoms with Gasteiger partial charge in [-0.1, -0.05) is 21.1 Å². The molecule has 4 nitrogen and oxygen atoms in total. The molecule has 0 aliphatic heterocycles. The first-order valence-corrected chi connectivity index (χ1v) is 4.57. The molecule has 0 saturated carbocycles. The van der Waals surface area contributed by atoms with E-state index >= 15 is 0 Å². The first kappa shape index (κ1) is 8.67. The predicted molar refractivity (Wildman–Crippen MR) is 46.5 cm³/mol. The van der Waals surface area contributed by atoms with Crippen LogP contribution in [0.15, 0.2) is 6.20 Å². The van der Waals surface area contributed by atoms with E-state index in [0.29, 0.717) is 0 Å². The lowest BCUT2D eigenvalue weighted by atomic mass is 10.5. The Morgan fingerprint density at radius 1 is 1.73 bits per heavy atom. The highest BCUT2D eigenvalue weighted by molar-refractivity contribution is 9.09. The Hall–Kier alpha value is -0.420. The third-order valence-electron chi connectivity index (χ3n) is 1.23. The summed E-state index contributed by atoms with van der Waals surface area (Å²) in [4.78, 5) is 0. The molecule has 0 saturated heterocycles. The van der Waals surface area contributed by atoms with Crippen molar-refractivity contribution in [2.24, 2.45) is 7.05 Å². The van der Waals surface area contributed by atoms with E-state index in [4.69, 9.17) is 0 Å². The summed E-state index contributed by atoms with van der Waals surface area (Å²) >= 11 is 3.32. The number of hydrogen-bond acceptors (Lipinski definition) is 3. The molecular formula is C6H11BrN4. The number of hydrogen-bond donors (Lipinski definition) is 1. The van der Waals surface area contributed by atoms with Crippen LogP contribution in [0, 0.1) is 0 Å². The van der Waals surface area contributed by atoms with Crippen molar-refractivity contribution >= 4 is 15.9 Å². The largest absolute Gasteiger partial charge is 0.310 e. The summed E-state index contributed by atoms with van der Waals surface area (Å²) in [7, 11) is 1.86. The van der Waals surface area contributed by atoms with Crippen LogP contribution in [-0.2, 0) is 13.6 Å². The van der Waals surface area contributed by atoms with Crippen LogP contribution < -0.4 is 5.32 Å². The molecule has 0 unspecified atom stereocenters. The minimum atomic E-state index is 0.791. The summed E-state index contributed by atoms with van der Waals surface area (Å²) in [5.74, 6) is 0. The lowest BCUT2D eigenvalue weighted by Gasteiger charge is -1.95. The molecule has 11 heavy (non-hydrogen) atoms. The van der Waals surface area contributed by atoms with Crippen LogP contribution in [0.2, 0.25) is 0 Å². The highest BCUT2D eigenvalue weighted by Gasteiger charge is 1.95. The van der Waals surface area contributed by atoms with E-state index in [2.05, 4.69) is 31.6 Å². The second-order valence-electron chi connectivity index (χ2n) is 2.25. The van der Waals surface area contributed by atoms with E-state index < -0.39 is 0 Å². The molecule has 0 radical (unpaired) electrons. The molecule has 0 fully saturated rings. The molecule has 0 aromatic carbocycles. The first-order valence-electron chi connectivity index (χ1n) is 3.45. The highest BCUT2D eigenvalue weighted by atomic mass is 79.9. The van der Waals surface area contributed by atoms with Gasteiger partial charge in [-0.25, -0.2) is 0 Å². The van der Waals surface area contributed by atoms with Crippen molar-refractivity contribution in [2.45, 2.75) is 6.54 Å². The highest BCUT2D eigenvalue weighted by Crippen LogP contribution is 1.89. The van der Waals surface area contributed by atoms with E-state index in [9.17, 15) is 0 Å². The maximum atomic E-state index is 3.92. The zero-order chi connectivity index (χ0) is 8.10. The Bertz CT molecular complexity index is 210. The van der Waals surface area contributed by atoms with Crippen molar-refractivity contribution in [3.05, 3.63) is 11.9 Å². The van der Waals surface area contributed by atoms with Crippen molar-refractivity contribution < 1.29 is 0 Å². The fourth-order valence-corrected chi connectivity index (χ4v) is 1.04. The van der Waals surface area contributed by atoms with Gasteiger partial charge in [0.05, 0.1) is 5.69 Å². The van der Waals surface area contributed by atoms with E-state index in [-0.39, 0.29) is 0 Å². The standard InChI is InChI=1S/C6H11BrN4/c1-11-5-6(9-10-11)4-8-3-2-7/h5,8H,2-4H2,1H3. The molecule has 5 heteroatoms. The maximum Gasteiger partial charge on any atom is 0.0964 e. The van der Waals surface area contributed by atoms with E-state index in [0.717, 1.165) is 24.1 Å². The summed E-state index contributed by atoms with van der Waals surface area (Å²) in [5.41, 5.74) is 0.980. The van der Waals surface area contributed by atoms with Gasteiger partial charge in [0, 0.05) is 31.7 Å². The fourth-order valence-electron chi connectivity index (χ4n) is 0.760. The zero-order valence-corrected chi connectivity index (χ0v) is 8.00. The third-order valence-corrected chi connectivity index (χ3v) is 1.62. The van der Waals surface area contributed by atoms with Crippen LogP contribution in [0.4, 0.5) is 0 Å². The van der Waals surface area contributed by atoms with Crippen LogP contribution >= 0.6 is 15.9 Å². The number of nitrogens with one attached hydrogen (secondary N) is 1. The van der Waals surface area contributed by atoms with Gasteiger partial charge in [-0.2, -0.15) is 0 Å². The molecule has 1 aromatic heterocycles. The van der Waals surface area contributed by atoms with Gasteiger partial charge in [0.25, 0.3) is 0 Å². The molecule has 1 heterocycles. The molecule has 0 spiro atoms. The number of halogens is 1. The monoisotopic (exact) mass is 218 g/mol. The summed E-state index contributed by atoms with van der Waals surface area (Å²) in [6.07, 6.45) is 1.90. The van der Waals surface area contributed by atoms with Gasteiger partial charge in [-0.05, 0) is 0 Å². The Balaban J connectivity index is 2.27. The molecule has 0 bridgehead atoms. The van der Waals surface area contributed by atoms with E-state index in [1.165, 1.54) is 0 Å². The average Bonchev–Trinajstić information content (AvgIpc) is 2.37. The van der Waals surface area contributed by atoms with Crippen molar-refractivity contribution in [3.8, 4) is 0 Å². The number of aromatic nitrogens is 3. The molecule has 62 valence electrons. The lowest BCUT2D eigenvalue weighted by molar-refractivity contribution is 0.699. The number of rotatable bonds is 4. The second-order valence-corrected chi connectivity index (χ2v) is 3.04. The van der Waals surface area contributed by atoms with Crippen molar-refractivity contribution in [1.29, 1.82) is 0 Å². The second kappa shape index (κ2) is 4.46. The van der Waals surface area contributed by atoms with Crippen LogP contribution in [-0.4, -0.2) is 26.9 Å². The summed E-state index contributed by atoms with van der Waals surface area (Å²) in [6, 6.07) is 0. The van der Waals surface area contributed by atoms with E-state index in [1.54, 1.807) is 4.68 Å². The van der Waals surface area contributed by atoms with Gasteiger partial charge in [0.1, 0.15) is 0 Å². The molecule has 1 rings (SSSR count). The quantitative estimate of drug-likeness (QED) is 0.585. The van der Waals surface area contributed by atoms with Gasteiger partial charge in [-0.15, -0.1) is 5.10 Å². The zero-order valence-electron chi connectivity index (χ0n) is 6.42. The van der Waals surface area contributed by atoms with Gasteiger partial charge in [-0.3, -0.25) is 4.68 Å². The predicted octanol–water partition coefficient (Wildman–Crippen LogP) is 0.300. The summed E-state index contributed by atoms with van der Waals surface area (Å²) < 4.78 is 1.70. The van der Waals surface area contributed by atoms with Crippen LogP contribution in [0.5, 0.6) is 0 Å². The molecule has 0 amide bonds. The SMILES string of the molecule is Cn1cc(CNCCBr)nn1. The smallest absolute Gasteiger partial charge is 0.0964 e. The van der Waals surface area contributed by atoms with Crippen LogP contribution in [0.25, 0.3) is 0 Å². The van der Waals surface area contributed by atoms with Gasteiger partial charge < -0.3 is 5.32 Å². The molecule has 0 aliphatic carbocycles. The molecular weight excluding hydrogens is 208 g/mol. The minimum Gasteiger partial charge on any atom is -0.310 e. The Labute approximate surface area is 74.1 Å². The average molecular weight is 219 g/mol. The van der Waals surface area contributed by atoms with Crippen LogP contribution in [0.1, 0.15) is 5.69 Å². The first-order chi connectivity index (χ1) is 5.33. The number of alkyl halides is 1. The lowest BCUT2D eigenvalue weighted by Crippen LogP contribution is -2.15. The summed E-state index contributed by atoms with van der Waals surface area (Å²) in [6.45, 7) is 1.75. The Morgan fingerprint density at radius 3 is 3.09 bits per heavy atom. The van der Waals surface area contributed by atoms with Gasteiger partial charge >= 0.3 is 0 Å².